The van der Waals surface area contributed by atoms with Gasteiger partial charge >= 0.3 is 0 Å². The first-order valence-corrected chi connectivity index (χ1v) is 6.65. The topological polar surface area (TPSA) is 98.3 Å². The molecule has 0 aliphatic rings. The van der Waals surface area contributed by atoms with Gasteiger partial charge in [0.25, 0.3) is 11.6 Å². The molecule has 0 aliphatic carbocycles. The molecule has 0 saturated heterocycles. The minimum absolute atomic E-state index is 0.104. The van der Waals surface area contributed by atoms with Crippen molar-refractivity contribution in [2.24, 2.45) is 5.73 Å². The van der Waals surface area contributed by atoms with Gasteiger partial charge in [0.2, 0.25) is 0 Å². The summed E-state index contributed by atoms with van der Waals surface area (Å²) in [4.78, 5) is 22.6. The number of carbonyl (C=O) groups is 1. The minimum atomic E-state index is -0.544. The molecular formula is C14H21N3O3. The van der Waals surface area contributed by atoms with Crippen LogP contribution in [0.25, 0.3) is 0 Å². The summed E-state index contributed by atoms with van der Waals surface area (Å²) in [5.41, 5.74) is 6.13. The second kappa shape index (κ2) is 6.47. The van der Waals surface area contributed by atoms with Crippen LogP contribution in [0.5, 0.6) is 0 Å². The zero-order valence-electron chi connectivity index (χ0n) is 12.1. The van der Waals surface area contributed by atoms with E-state index in [1.165, 1.54) is 6.07 Å². The molecule has 0 atom stereocenters. The average molecular weight is 279 g/mol. The number of nitrogens with zero attached hydrogens (tertiary/aromatic N) is 1. The summed E-state index contributed by atoms with van der Waals surface area (Å²) in [6, 6.07) is 4.57. The Labute approximate surface area is 118 Å². The van der Waals surface area contributed by atoms with E-state index in [4.69, 9.17) is 5.73 Å². The number of nitro benzene ring substituents is 1. The molecule has 0 aliphatic heterocycles. The van der Waals surface area contributed by atoms with Crippen LogP contribution in [0.1, 0.15) is 42.6 Å². The molecule has 0 aromatic heterocycles. The molecule has 0 radical (unpaired) electrons. The number of benzene rings is 1. The van der Waals surface area contributed by atoms with Crippen molar-refractivity contribution in [1.29, 1.82) is 0 Å². The SMILES string of the molecule is CCC(N)(CC)CNC(=O)c1c(C)cccc1[N+](=O)[O-]. The van der Waals surface area contributed by atoms with Gasteiger partial charge in [-0.25, -0.2) is 0 Å². The standard InChI is InChI=1S/C14H21N3O3/c1-4-14(15,5-2)9-16-13(18)12-10(3)7-6-8-11(12)17(19)20/h6-8H,4-5,9,15H2,1-3H3,(H,16,18). The van der Waals surface area contributed by atoms with Crippen LogP contribution in [0.4, 0.5) is 5.69 Å². The molecule has 1 aromatic rings. The van der Waals surface area contributed by atoms with Gasteiger partial charge in [-0.2, -0.15) is 0 Å². The molecule has 1 aromatic carbocycles. The first kappa shape index (κ1) is 16.1. The molecule has 1 amide bonds. The molecule has 0 bridgehead atoms. The summed E-state index contributed by atoms with van der Waals surface area (Å²) >= 11 is 0. The molecule has 110 valence electrons. The zero-order valence-corrected chi connectivity index (χ0v) is 12.1. The van der Waals surface area contributed by atoms with Crippen LogP contribution in [-0.2, 0) is 0 Å². The maximum atomic E-state index is 12.2. The molecule has 6 nitrogen and oxygen atoms in total. The molecule has 0 unspecified atom stereocenters. The van der Waals surface area contributed by atoms with Crippen molar-refractivity contribution in [3.63, 3.8) is 0 Å². The molecule has 0 saturated carbocycles. The summed E-state index contributed by atoms with van der Waals surface area (Å²) in [6.07, 6.45) is 1.44. The van der Waals surface area contributed by atoms with Crippen molar-refractivity contribution in [2.75, 3.05) is 6.54 Å². The van der Waals surface area contributed by atoms with E-state index in [1.54, 1.807) is 19.1 Å². The Morgan fingerprint density at radius 3 is 2.50 bits per heavy atom. The number of rotatable bonds is 6. The molecular weight excluding hydrogens is 258 g/mol. The largest absolute Gasteiger partial charge is 0.350 e. The fourth-order valence-corrected chi connectivity index (χ4v) is 1.94. The molecule has 6 heteroatoms. The van der Waals surface area contributed by atoms with Crippen molar-refractivity contribution in [3.8, 4) is 0 Å². The van der Waals surface area contributed by atoms with Crippen molar-refractivity contribution in [2.45, 2.75) is 39.2 Å². The van der Waals surface area contributed by atoms with Gasteiger partial charge in [-0.3, -0.25) is 14.9 Å². The van der Waals surface area contributed by atoms with E-state index < -0.39 is 16.4 Å². The van der Waals surface area contributed by atoms with Crippen molar-refractivity contribution in [1.82, 2.24) is 5.32 Å². The van der Waals surface area contributed by atoms with Gasteiger partial charge in [-0.05, 0) is 25.3 Å². The number of nitrogens with one attached hydrogen (secondary N) is 1. The lowest BCUT2D eigenvalue weighted by atomic mass is 9.94. The number of hydrogen-bond acceptors (Lipinski definition) is 4. The van der Waals surface area contributed by atoms with E-state index in [-0.39, 0.29) is 11.3 Å². The van der Waals surface area contributed by atoms with E-state index in [2.05, 4.69) is 5.32 Å². The van der Waals surface area contributed by atoms with Crippen molar-refractivity contribution < 1.29 is 9.72 Å². The van der Waals surface area contributed by atoms with Gasteiger partial charge < -0.3 is 11.1 Å². The van der Waals surface area contributed by atoms with E-state index in [9.17, 15) is 14.9 Å². The first-order valence-electron chi connectivity index (χ1n) is 6.65. The van der Waals surface area contributed by atoms with Crippen LogP contribution in [0.3, 0.4) is 0 Å². The van der Waals surface area contributed by atoms with E-state index in [0.29, 0.717) is 12.1 Å². The van der Waals surface area contributed by atoms with Crippen molar-refractivity contribution >= 4 is 11.6 Å². The van der Waals surface area contributed by atoms with Crippen molar-refractivity contribution in [3.05, 3.63) is 39.4 Å². The lowest BCUT2D eigenvalue weighted by molar-refractivity contribution is -0.385. The molecule has 1 rings (SSSR count). The highest BCUT2D eigenvalue weighted by Crippen LogP contribution is 2.22. The summed E-state index contributed by atoms with van der Waals surface area (Å²) in [5.74, 6) is -0.452. The molecule has 0 heterocycles. The Kier molecular flexibility index (Phi) is 5.21. The number of carbonyl (C=O) groups excluding carboxylic acids is 1. The third kappa shape index (κ3) is 3.54. The number of amides is 1. The fourth-order valence-electron chi connectivity index (χ4n) is 1.94. The molecule has 0 fully saturated rings. The van der Waals surface area contributed by atoms with Gasteiger partial charge in [0.05, 0.1) is 4.92 Å². The van der Waals surface area contributed by atoms with Crippen LogP contribution in [0, 0.1) is 17.0 Å². The first-order chi connectivity index (χ1) is 9.34. The predicted octanol–water partition coefficient (Wildman–Crippen LogP) is 2.15. The lowest BCUT2D eigenvalue weighted by Crippen LogP contribution is -2.49. The van der Waals surface area contributed by atoms with Gasteiger partial charge in [-0.15, -0.1) is 0 Å². The molecule has 20 heavy (non-hydrogen) atoms. The summed E-state index contributed by atoms with van der Waals surface area (Å²) in [5, 5.41) is 13.7. The van der Waals surface area contributed by atoms with Gasteiger partial charge in [0.1, 0.15) is 5.56 Å². The van der Waals surface area contributed by atoms with Crippen LogP contribution >= 0.6 is 0 Å². The summed E-state index contributed by atoms with van der Waals surface area (Å²) in [7, 11) is 0. The summed E-state index contributed by atoms with van der Waals surface area (Å²) < 4.78 is 0. The van der Waals surface area contributed by atoms with Crippen LogP contribution in [0.15, 0.2) is 18.2 Å². The smallest absolute Gasteiger partial charge is 0.282 e. The summed E-state index contributed by atoms with van der Waals surface area (Å²) in [6.45, 7) is 5.87. The maximum absolute atomic E-state index is 12.2. The van der Waals surface area contributed by atoms with Gasteiger partial charge in [-0.1, -0.05) is 26.0 Å². The van der Waals surface area contributed by atoms with E-state index >= 15 is 0 Å². The minimum Gasteiger partial charge on any atom is -0.350 e. The van der Waals surface area contributed by atoms with E-state index in [1.807, 2.05) is 13.8 Å². The Morgan fingerprint density at radius 1 is 1.40 bits per heavy atom. The Morgan fingerprint density at radius 2 is 2.00 bits per heavy atom. The second-order valence-electron chi connectivity index (χ2n) is 4.98. The molecule has 0 spiro atoms. The number of hydrogen-bond donors (Lipinski definition) is 2. The second-order valence-corrected chi connectivity index (χ2v) is 4.98. The maximum Gasteiger partial charge on any atom is 0.282 e. The molecule has 3 N–H and O–H groups in total. The Hall–Kier alpha value is -1.95. The van der Waals surface area contributed by atoms with Crippen LogP contribution < -0.4 is 11.1 Å². The Balaban J connectivity index is 2.96. The van der Waals surface area contributed by atoms with Gasteiger partial charge in [0, 0.05) is 18.2 Å². The lowest BCUT2D eigenvalue weighted by Gasteiger charge is -2.26. The number of nitro groups is 1. The predicted molar refractivity (Wildman–Crippen MR) is 77.7 cm³/mol. The van der Waals surface area contributed by atoms with E-state index in [0.717, 1.165) is 12.8 Å². The third-order valence-electron chi connectivity index (χ3n) is 3.68. The highest BCUT2D eigenvalue weighted by molar-refractivity contribution is 5.99. The quantitative estimate of drug-likeness (QED) is 0.615. The van der Waals surface area contributed by atoms with Gasteiger partial charge in [0.15, 0.2) is 0 Å². The highest BCUT2D eigenvalue weighted by atomic mass is 16.6. The number of nitrogens with two attached hydrogens (primary N) is 1. The number of aryl methyl sites for hydroxylation is 1. The highest BCUT2D eigenvalue weighted by Gasteiger charge is 2.25. The third-order valence-corrected chi connectivity index (χ3v) is 3.68. The average Bonchev–Trinajstić information content (AvgIpc) is 2.44. The van der Waals surface area contributed by atoms with Crippen LogP contribution in [0.2, 0.25) is 0 Å². The fraction of sp³-hybridized carbons (Fsp3) is 0.500. The van der Waals surface area contributed by atoms with Crippen LogP contribution in [-0.4, -0.2) is 22.9 Å². The zero-order chi connectivity index (χ0) is 15.3. The monoisotopic (exact) mass is 279 g/mol. The normalized spacial score (nSPS) is 11.2. The Bertz CT molecular complexity index is 510.